The highest BCUT2D eigenvalue weighted by molar-refractivity contribution is 7.08. The van der Waals surface area contributed by atoms with Crippen LogP contribution in [0.4, 0.5) is 5.69 Å². The Balaban J connectivity index is 1.61. The van der Waals surface area contributed by atoms with Crippen molar-refractivity contribution in [1.82, 2.24) is 9.55 Å². The Kier molecular flexibility index (Phi) is 3.93. The zero-order valence-corrected chi connectivity index (χ0v) is 15.0. The second-order valence-electron chi connectivity index (χ2n) is 5.91. The van der Waals surface area contributed by atoms with Gasteiger partial charge in [-0.3, -0.25) is 14.3 Å². The molecule has 0 bridgehead atoms. The summed E-state index contributed by atoms with van der Waals surface area (Å²) < 4.78 is 6.57. The van der Waals surface area contributed by atoms with Crippen LogP contribution >= 0.6 is 11.3 Å². The van der Waals surface area contributed by atoms with Gasteiger partial charge in [-0.05, 0) is 42.6 Å². The molecule has 3 heterocycles. The molecule has 0 saturated heterocycles. The van der Waals surface area contributed by atoms with E-state index in [1.807, 2.05) is 29.8 Å². The first-order chi connectivity index (χ1) is 12.5. The minimum absolute atomic E-state index is 0.260. The zero-order chi connectivity index (χ0) is 18.3. The van der Waals surface area contributed by atoms with E-state index in [-0.39, 0.29) is 5.91 Å². The first-order valence-electron chi connectivity index (χ1n) is 7.94. The fraction of sp³-hybridized carbons (Fsp3) is 0.105. The number of aryl methyl sites for hydroxylation is 2. The highest BCUT2D eigenvalue weighted by atomic mass is 32.1. The number of thiophene rings is 1. The first-order valence-corrected chi connectivity index (χ1v) is 8.88. The monoisotopic (exact) mass is 365 g/mol. The fourth-order valence-electron chi connectivity index (χ4n) is 2.78. The van der Waals surface area contributed by atoms with Gasteiger partial charge in [-0.1, -0.05) is 0 Å². The largest absolute Gasteiger partial charge is 0.419 e. The van der Waals surface area contributed by atoms with Gasteiger partial charge in [-0.2, -0.15) is 11.3 Å². The average Bonchev–Trinajstić information content (AvgIpc) is 3.24. The highest BCUT2D eigenvalue weighted by Crippen LogP contribution is 2.23. The van der Waals surface area contributed by atoms with Gasteiger partial charge in [0.2, 0.25) is 0 Å². The lowest BCUT2D eigenvalue weighted by atomic mass is 10.1. The van der Waals surface area contributed by atoms with E-state index in [4.69, 9.17) is 4.42 Å². The maximum atomic E-state index is 12.6. The first kappa shape index (κ1) is 16.3. The quantitative estimate of drug-likeness (QED) is 0.599. The summed E-state index contributed by atoms with van der Waals surface area (Å²) in [6.07, 6.45) is 0. The molecule has 4 rings (SSSR count). The van der Waals surface area contributed by atoms with Crippen LogP contribution in [-0.2, 0) is 7.05 Å². The summed E-state index contributed by atoms with van der Waals surface area (Å²) in [5, 5.41) is 6.84. The Morgan fingerprint density at radius 1 is 1.23 bits per heavy atom. The van der Waals surface area contributed by atoms with Crippen molar-refractivity contribution in [3.8, 4) is 11.3 Å². The molecule has 0 atom stereocenters. The summed E-state index contributed by atoms with van der Waals surface area (Å²) in [5.41, 5.74) is 4.68. The van der Waals surface area contributed by atoms with E-state index in [1.54, 1.807) is 42.6 Å². The summed E-state index contributed by atoms with van der Waals surface area (Å²) in [5.74, 6) is -0.697. The van der Waals surface area contributed by atoms with Crippen LogP contribution in [-0.4, -0.2) is 15.5 Å². The third kappa shape index (κ3) is 2.82. The smallest absolute Gasteiger partial charge is 0.408 e. The van der Waals surface area contributed by atoms with Crippen LogP contribution in [0.5, 0.6) is 0 Å². The number of benzene rings is 1. The normalized spacial score (nSPS) is 11.0. The van der Waals surface area contributed by atoms with Crippen LogP contribution in [0.1, 0.15) is 16.1 Å². The molecule has 0 aliphatic rings. The van der Waals surface area contributed by atoms with Gasteiger partial charge in [0.05, 0.1) is 22.5 Å². The van der Waals surface area contributed by atoms with Crippen molar-refractivity contribution in [3.05, 3.63) is 69.0 Å². The standard InChI is InChI=1S/C19H15N3O3S/c1-11-14(4-5-15(20-11)12-7-8-26-10-12)18(23)21-13-3-6-16-17(9-13)25-19(24)22(16)2/h3-10H,1-2H3,(H,21,23). The van der Waals surface area contributed by atoms with Gasteiger partial charge < -0.3 is 9.73 Å². The van der Waals surface area contributed by atoms with Crippen LogP contribution in [0.15, 0.2) is 56.4 Å². The lowest BCUT2D eigenvalue weighted by Gasteiger charge is -2.08. The number of oxazole rings is 1. The molecule has 7 heteroatoms. The minimum Gasteiger partial charge on any atom is -0.408 e. The van der Waals surface area contributed by atoms with E-state index >= 15 is 0 Å². The number of nitrogens with one attached hydrogen (secondary N) is 1. The molecule has 4 aromatic rings. The van der Waals surface area contributed by atoms with Crippen LogP contribution in [0.2, 0.25) is 0 Å². The van der Waals surface area contributed by atoms with Gasteiger partial charge in [0.25, 0.3) is 5.91 Å². The Bertz CT molecular complexity index is 1170. The highest BCUT2D eigenvalue weighted by Gasteiger charge is 2.13. The summed E-state index contributed by atoms with van der Waals surface area (Å²) >= 11 is 1.60. The van der Waals surface area contributed by atoms with E-state index in [0.29, 0.717) is 28.0 Å². The van der Waals surface area contributed by atoms with E-state index in [2.05, 4.69) is 10.3 Å². The molecule has 0 aliphatic carbocycles. The predicted octanol–water partition coefficient (Wildman–Crippen LogP) is 3.82. The van der Waals surface area contributed by atoms with Crippen molar-refractivity contribution >= 4 is 34.0 Å². The van der Waals surface area contributed by atoms with Gasteiger partial charge in [0, 0.05) is 29.7 Å². The number of fused-ring (bicyclic) bond motifs is 1. The fourth-order valence-corrected chi connectivity index (χ4v) is 3.43. The number of nitrogens with zero attached hydrogens (tertiary/aromatic N) is 2. The second-order valence-corrected chi connectivity index (χ2v) is 6.69. The molecule has 6 nitrogen and oxygen atoms in total. The molecule has 0 aliphatic heterocycles. The maximum Gasteiger partial charge on any atom is 0.419 e. The van der Waals surface area contributed by atoms with E-state index in [0.717, 1.165) is 11.3 Å². The Hall–Kier alpha value is -3.19. The number of hydrogen-bond acceptors (Lipinski definition) is 5. The number of aromatic nitrogens is 2. The molecule has 0 fully saturated rings. The third-order valence-corrected chi connectivity index (χ3v) is 4.88. The molecule has 26 heavy (non-hydrogen) atoms. The Morgan fingerprint density at radius 3 is 2.81 bits per heavy atom. The van der Waals surface area contributed by atoms with Gasteiger partial charge in [-0.25, -0.2) is 4.79 Å². The number of carbonyl (C=O) groups is 1. The minimum atomic E-state index is -0.437. The van der Waals surface area contributed by atoms with Crippen LogP contribution < -0.4 is 11.1 Å². The van der Waals surface area contributed by atoms with Crippen LogP contribution in [0, 0.1) is 6.92 Å². The number of amides is 1. The Morgan fingerprint density at radius 2 is 2.08 bits per heavy atom. The maximum absolute atomic E-state index is 12.6. The molecule has 3 aromatic heterocycles. The van der Waals surface area contributed by atoms with Gasteiger partial charge in [0.15, 0.2) is 5.58 Å². The molecule has 0 radical (unpaired) electrons. The van der Waals surface area contributed by atoms with Crippen molar-refractivity contribution in [1.29, 1.82) is 0 Å². The summed E-state index contributed by atoms with van der Waals surface area (Å²) in [4.78, 5) is 28.7. The summed E-state index contributed by atoms with van der Waals surface area (Å²) in [7, 11) is 1.64. The van der Waals surface area contributed by atoms with Crippen molar-refractivity contribution in [2.45, 2.75) is 6.92 Å². The van der Waals surface area contributed by atoms with E-state index < -0.39 is 5.76 Å². The van der Waals surface area contributed by atoms with Gasteiger partial charge in [0.1, 0.15) is 0 Å². The summed E-state index contributed by atoms with van der Waals surface area (Å²) in [6, 6.07) is 10.7. The van der Waals surface area contributed by atoms with Gasteiger partial charge in [-0.15, -0.1) is 0 Å². The second kappa shape index (κ2) is 6.27. The Labute approximate surface area is 152 Å². The lowest BCUT2D eigenvalue weighted by molar-refractivity contribution is 0.102. The molecule has 0 spiro atoms. The molecule has 1 N–H and O–H groups in total. The number of rotatable bonds is 3. The molecule has 0 unspecified atom stereocenters. The SMILES string of the molecule is Cc1nc(-c2ccsc2)ccc1C(=O)Nc1ccc2c(c1)oc(=O)n2C. The zero-order valence-electron chi connectivity index (χ0n) is 14.1. The average molecular weight is 365 g/mol. The topological polar surface area (TPSA) is 77.1 Å². The van der Waals surface area contributed by atoms with Crippen LogP contribution in [0.25, 0.3) is 22.4 Å². The van der Waals surface area contributed by atoms with Crippen molar-refractivity contribution in [2.75, 3.05) is 5.32 Å². The van der Waals surface area contributed by atoms with Crippen molar-refractivity contribution < 1.29 is 9.21 Å². The van der Waals surface area contributed by atoms with Crippen LogP contribution in [0.3, 0.4) is 0 Å². The molecular weight excluding hydrogens is 350 g/mol. The van der Waals surface area contributed by atoms with Gasteiger partial charge >= 0.3 is 5.76 Å². The molecule has 1 aromatic carbocycles. The molecule has 0 saturated carbocycles. The predicted molar refractivity (Wildman–Crippen MR) is 102 cm³/mol. The molecule has 130 valence electrons. The summed E-state index contributed by atoms with van der Waals surface area (Å²) in [6.45, 7) is 1.81. The third-order valence-electron chi connectivity index (χ3n) is 4.20. The number of anilines is 1. The lowest BCUT2D eigenvalue weighted by Crippen LogP contribution is -2.14. The molecule has 1 amide bonds. The van der Waals surface area contributed by atoms with E-state index in [9.17, 15) is 9.59 Å². The number of hydrogen-bond donors (Lipinski definition) is 1. The van der Waals surface area contributed by atoms with Crippen molar-refractivity contribution in [2.24, 2.45) is 7.05 Å². The number of carbonyl (C=O) groups excluding carboxylic acids is 1. The van der Waals surface area contributed by atoms with E-state index in [1.165, 1.54) is 4.57 Å². The number of pyridine rings is 1. The molecular formula is C19H15N3O3S. The van der Waals surface area contributed by atoms with Crippen molar-refractivity contribution in [3.63, 3.8) is 0 Å².